The Bertz CT molecular complexity index is 384. The molecule has 1 unspecified atom stereocenters. The van der Waals surface area contributed by atoms with Crippen molar-refractivity contribution in [2.75, 3.05) is 24.8 Å². The van der Waals surface area contributed by atoms with Crippen molar-refractivity contribution >= 4 is 23.4 Å². The summed E-state index contributed by atoms with van der Waals surface area (Å²) >= 11 is 1.74. The number of nitrogens with two attached hydrogens (primary N) is 1. The zero-order valence-corrected chi connectivity index (χ0v) is 11.3. The summed E-state index contributed by atoms with van der Waals surface area (Å²) in [5.74, 6) is 0.898. The minimum atomic E-state index is -0.0363. The van der Waals surface area contributed by atoms with Gasteiger partial charge in [-0.1, -0.05) is 6.92 Å². The fourth-order valence-corrected chi connectivity index (χ4v) is 2.50. The first kappa shape index (κ1) is 13.8. The maximum atomic E-state index is 12.2. The highest BCUT2D eigenvalue weighted by molar-refractivity contribution is 7.98. The van der Waals surface area contributed by atoms with E-state index in [1.54, 1.807) is 28.9 Å². The second kappa shape index (κ2) is 6.49. The predicted molar refractivity (Wildman–Crippen MR) is 73.2 cm³/mol. The van der Waals surface area contributed by atoms with E-state index >= 15 is 0 Å². The number of rotatable bonds is 5. The fourth-order valence-electron chi connectivity index (χ4n) is 1.65. The summed E-state index contributed by atoms with van der Waals surface area (Å²) < 4.78 is 0. The number of carbonyl (C=O) groups excluding carboxylic acids is 1. The normalized spacial score (nSPS) is 12.2. The van der Waals surface area contributed by atoms with Gasteiger partial charge in [-0.25, -0.2) is 0 Å². The number of nitrogen functional groups attached to an aromatic ring is 1. The molecule has 0 spiro atoms. The lowest BCUT2D eigenvalue weighted by Gasteiger charge is -2.27. The van der Waals surface area contributed by atoms with Crippen LogP contribution in [0.1, 0.15) is 23.7 Å². The Kier molecular flexibility index (Phi) is 5.28. The van der Waals surface area contributed by atoms with Gasteiger partial charge >= 0.3 is 0 Å². The Morgan fingerprint density at radius 3 is 2.88 bits per heavy atom. The van der Waals surface area contributed by atoms with Crippen LogP contribution in [0.3, 0.4) is 0 Å². The summed E-state index contributed by atoms with van der Waals surface area (Å²) in [6, 6.07) is 1.91. The van der Waals surface area contributed by atoms with Crippen molar-refractivity contribution in [3.8, 4) is 0 Å². The molecule has 1 aromatic rings. The summed E-state index contributed by atoms with van der Waals surface area (Å²) in [5.41, 5.74) is 6.72. The number of nitrogens with zero attached hydrogens (tertiary/aromatic N) is 2. The maximum Gasteiger partial charge on any atom is 0.256 e. The van der Waals surface area contributed by atoms with Crippen LogP contribution >= 0.6 is 11.8 Å². The Hall–Kier alpha value is -1.23. The molecule has 2 N–H and O–H groups in total. The number of hydrogen-bond donors (Lipinski definition) is 1. The quantitative estimate of drug-likeness (QED) is 0.870. The van der Waals surface area contributed by atoms with Crippen LogP contribution in [0.5, 0.6) is 0 Å². The average molecular weight is 253 g/mol. The van der Waals surface area contributed by atoms with Crippen LogP contribution < -0.4 is 5.73 Å². The molecule has 5 heteroatoms. The molecular weight excluding hydrogens is 234 g/mol. The second-order valence-electron chi connectivity index (χ2n) is 3.90. The summed E-state index contributed by atoms with van der Waals surface area (Å²) in [4.78, 5) is 17.9. The molecule has 1 rings (SSSR count). The van der Waals surface area contributed by atoms with Gasteiger partial charge in [0.15, 0.2) is 0 Å². The molecule has 0 aliphatic carbocycles. The van der Waals surface area contributed by atoms with Crippen LogP contribution in [0, 0.1) is 0 Å². The van der Waals surface area contributed by atoms with E-state index in [1.807, 2.05) is 13.3 Å². The zero-order chi connectivity index (χ0) is 12.8. The Morgan fingerprint density at radius 2 is 2.35 bits per heavy atom. The van der Waals surface area contributed by atoms with Crippen LogP contribution in [0.15, 0.2) is 18.5 Å². The summed E-state index contributed by atoms with van der Waals surface area (Å²) in [6.07, 6.45) is 6.08. The summed E-state index contributed by atoms with van der Waals surface area (Å²) in [7, 11) is 1.83. The molecule has 0 fully saturated rings. The number of amides is 1. The van der Waals surface area contributed by atoms with Gasteiger partial charge in [-0.15, -0.1) is 0 Å². The van der Waals surface area contributed by atoms with Crippen LogP contribution in [0.2, 0.25) is 0 Å². The van der Waals surface area contributed by atoms with Crippen molar-refractivity contribution in [2.45, 2.75) is 19.4 Å². The molecule has 0 aliphatic heterocycles. The lowest BCUT2D eigenvalue weighted by molar-refractivity contribution is 0.0744. The van der Waals surface area contributed by atoms with Crippen LogP contribution in [-0.2, 0) is 0 Å². The molecule has 0 aromatic carbocycles. The molecule has 17 heavy (non-hydrogen) atoms. The van der Waals surface area contributed by atoms with Crippen LogP contribution in [0.25, 0.3) is 0 Å². The van der Waals surface area contributed by atoms with Crippen molar-refractivity contribution in [1.29, 1.82) is 0 Å². The smallest absolute Gasteiger partial charge is 0.256 e. The minimum absolute atomic E-state index is 0.0363. The first-order valence-corrected chi connectivity index (χ1v) is 6.96. The first-order valence-electron chi connectivity index (χ1n) is 5.57. The number of hydrogen-bond acceptors (Lipinski definition) is 4. The number of pyridine rings is 1. The maximum absolute atomic E-state index is 12.2. The van der Waals surface area contributed by atoms with E-state index in [4.69, 9.17) is 5.73 Å². The number of aromatic nitrogens is 1. The lowest BCUT2D eigenvalue weighted by Crippen LogP contribution is -2.38. The SMILES string of the molecule is CCC(CSC)N(C)C(=O)c1ccncc1N. The highest BCUT2D eigenvalue weighted by Gasteiger charge is 2.20. The average Bonchev–Trinajstić information content (AvgIpc) is 2.35. The topological polar surface area (TPSA) is 59.2 Å². The Labute approximate surface area is 107 Å². The predicted octanol–water partition coefficient (Wildman–Crippen LogP) is 1.88. The zero-order valence-electron chi connectivity index (χ0n) is 10.5. The minimum Gasteiger partial charge on any atom is -0.397 e. The van der Waals surface area contributed by atoms with E-state index in [-0.39, 0.29) is 11.9 Å². The first-order chi connectivity index (χ1) is 8.11. The number of anilines is 1. The molecule has 1 amide bonds. The number of carbonyl (C=O) groups is 1. The largest absolute Gasteiger partial charge is 0.397 e. The standard InChI is InChI=1S/C12H19N3OS/c1-4-9(8-17-3)15(2)12(16)10-5-6-14-7-11(10)13/h5-7,9H,4,8,13H2,1-3H3. The van der Waals surface area contributed by atoms with Gasteiger partial charge in [0.1, 0.15) is 0 Å². The number of thioether (sulfide) groups is 1. The van der Waals surface area contributed by atoms with Crippen molar-refractivity contribution < 1.29 is 4.79 Å². The van der Waals surface area contributed by atoms with E-state index in [9.17, 15) is 4.79 Å². The molecule has 4 nitrogen and oxygen atoms in total. The van der Waals surface area contributed by atoms with Crippen molar-refractivity contribution in [3.05, 3.63) is 24.0 Å². The van der Waals surface area contributed by atoms with E-state index in [2.05, 4.69) is 11.9 Å². The fraction of sp³-hybridized carbons (Fsp3) is 0.500. The monoisotopic (exact) mass is 253 g/mol. The van der Waals surface area contributed by atoms with E-state index in [0.29, 0.717) is 11.3 Å². The summed E-state index contributed by atoms with van der Waals surface area (Å²) in [6.45, 7) is 2.08. The van der Waals surface area contributed by atoms with E-state index in [0.717, 1.165) is 12.2 Å². The van der Waals surface area contributed by atoms with E-state index in [1.165, 1.54) is 6.20 Å². The molecule has 0 radical (unpaired) electrons. The third-order valence-corrected chi connectivity index (χ3v) is 3.50. The molecule has 1 heterocycles. The Balaban J connectivity index is 2.85. The molecule has 0 bridgehead atoms. The molecular formula is C12H19N3OS. The molecule has 0 saturated carbocycles. The van der Waals surface area contributed by atoms with Crippen LogP contribution in [0.4, 0.5) is 5.69 Å². The van der Waals surface area contributed by atoms with Crippen LogP contribution in [-0.4, -0.2) is 40.9 Å². The summed E-state index contributed by atoms with van der Waals surface area (Å²) in [5, 5.41) is 0. The third-order valence-electron chi connectivity index (χ3n) is 2.78. The lowest BCUT2D eigenvalue weighted by atomic mass is 10.1. The molecule has 94 valence electrons. The molecule has 1 atom stereocenters. The van der Waals surface area contributed by atoms with Crippen molar-refractivity contribution in [3.63, 3.8) is 0 Å². The molecule has 0 aliphatic rings. The van der Waals surface area contributed by atoms with Gasteiger partial charge in [-0.3, -0.25) is 9.78 Å². The van der Waals surface area contributed by atoms with Gasteiger partial charge in [0.25, 0.3) is 5.91 Å². The third kappa shape index (κ3) is 3.36. The molecule has 0 saturated heterocycles. The van der Waals surface area contributed by atoms with E-state index < -0.39 is 0 Å². The second-order valence-corrected chi connectivity index (χ2v) is 4.81. The highest BCUT2D eigenvalue weighted by atomic mass is 32.2. The van der Waals surface area contributed by atoms with Crippen molar-refractivity contribution in [1.82, 2.24) is 9.88 Å². The Morgan fingerprint density at radius 1 is 1.65 bits per heavy atom. The van der Waals surface area contributed by atoms with Gasteiger partial charge in [0.2, 0.25) is 0 Å². The molecule has 1 aromatic heterocycles. The van der Waals surface area contributed by atoms with Gasteiger partial charge in [0, 0.05) is 25.0 Å². The van der Waals surface area contributed by atoms with Gasteiger partial charge in [-0.05, 0) is 18.7 Å². The van der Waals surface area contributed by atoms with Gasteiger partial charge < -0.3 is 10.6 Å². The highest BCUT2D eigenvalue weighted by Crippen LogP contribution is 2.15. The van der Waals surface area contributed by atoms with Crippen molar-refractivity contribution in [2.24, 2.45) is 0 Å². The van der Waals surface area contributed by atoms with Gasteiger partial charge in [-0.2, -0.15) is 11.8 Å². The van der Waals surface area contributed by atoms with Gasteiger partial charge in [0.05, 0.1) is 17.4 Å².